The fourth-order valence-corrected chi connectivity index (χ4v) is 3.08. The lowest BCUT2D eigenvalue weighted by Gasteiger charge is -2.26. The highest BCUT2D eigenvalue weighted by molar-refractivity contribution is 5.93. The minimum atomic E-state index is -0.183. The molecule has 1 fully saturated rings. The molecule has 7 nitrogen and oxygen atoms in total. The van der Waals surface area contributed by atoms with Gasteiger partial charge in [-0.2, -0.15) is 0 Å². The molecule has 144 valence electrons. The second kappa shape index (κ2) is 8.92. The highest BCUT2D eigenvalue weighted by Gasteiger charge is 2.13. The minimum Gasteiger partial charge on any atom is -0.379 e. The van der Waals surface area contributed by atoms with Gasteiger partial charge >= 0.3 is 0 Å². The Kier molecular flexibility index (Phi) is 6.36. The quantitative estimate of drug-likeness (QED) is 0.813. The van der Waals surface area contributed by atoms with E-state index in [1.54, 1.807) is 13.0 Å². The van der Waals surface area contributed by atoms with Crippen LogP contribution in [0.15, 0.2) is 24.3 Å². The van der Waals surface area contributed by atoms with E-state index in [4.69, 9.17) is 4.74 Å². The SMILES string of the molecule is Cc1ccc(Nc2cc(C(=O)NCCN3CCOCC3)nc(C)n2)c(C)c1. The summed E-state index contributed by atoms with van der Waals surface area (Å²) in [6, 6.07) is 7.86. The number of ether oxygens (including phenoxy) is 1. The average Bonchev–Trinajstić information content (AvgIpc) is 2.64. The normalized spacial score (nSPS) is 14.8. The molecular formula is C20H27N5O2. The number of rotatable bonds is 6. The molecule has 2 heterocycles. The van der Waals surface area contributed by atoms with E-state index < -0.39 is 0 Å². The first kappa shape index (κ1) is 19.3. The number of aromatic nitrogens is 2. The third-order valence-electron chi connectivity index (χ3n) is 4.53. The molecule has 1 amide bonds. The molecule has 0 unspecified atom stereocenters. The van der Waals surface area contributed by atoms with E-state index in [-0.39, 0.29) is 5.91 Å². The van der Waals surface area contributed by atoms with Gasteiger partial charge in [0.2, 0.25) is 0 Å². The minimum absolute atomic E-state index is 0.183. The molecule has 1 aliphatic rings. The van der Waals surface area contributed by atoms with Gasteiger partial charge in [0.15, 0.2) is 0 Å². The Morgan fingerprint density at radius 3 is 2.67 bits per heavy atom. The van der Waals surface area contributed by atoms with Crippen molar-refractivity contribution in [2.75, 3.05) is 44.7 Å². The first-order chi connectivity index (χ1) is 13.0. The van der Waals surface area contributed by atoms with Crippen LogP contribution in [0.25, 0.3) is 0 Å². The number of anilines is 2. The third-order valence-corrected chi connectivity index (χ3v) is 4.53. The van der Waals surface area contributed by atoms with Crippen LogP contribution in [-0.4, -0.2) is 60.2 Å². The van der Waals surface area contributed by atoms with E-state index in [1.807, 2.05) is 19.1 Å². The van der Waals surface area contributed by atoms with E-state index in [2.05, 4.69) is 38.5 Å². The molecule has 0 atom stereocenters. The monoisotopic (exact) mass is 369 g/mol. The second-order valence-corrected chi connectivity index (χ2v) is 6.84. The molecule has 0 radical (unpaired) electrons. The number of carbonyl (C=O) groups excluding carboxylic acids is 1. The number of hydrogen-bond donors (Lipinski definition) is 2. The summed E-state index contributed by atoms with van der Waals surface area (Å²) < 4.78 is 5.33. The fourth-order valence-electron chi connectivity index (χ4n) is 3.08. The van der Waals surface area contributed by atoms with Crippen molar-refractivity contribution in [3.63, 3.8) is 0 Å². The van der Waals surface area contributed by atoms with Crippen LogP contribution in [0.1, 0.15) is 27.4 Å². The Labute approximate surface area is 160 Å². The number of nitrogens with zero attached hydrogens (tertiary/aromatic N) is 3. The smallest absolute Gasteiger partial charge is 0.270 e. The van der Waals surface area contributed by atoms with Gasteiger partial charge in [-0.3, -0.25) is 9.69 Å². The standard InChI is InChI=1S/C20H27N5O2/c1-14-4-5-17(15(2)12-14)24-19-13-18(22-16(3)23-19)20(26)21-6-7-25-8-10-27-11-9-25/h4-5,12-13H,6-11H2,1-3H3,(H,21,26)(H,22,23,24). The third kappa shape index (κ3) is 5.48. The predicted molar refractivity (Wildman–Crippen MR) is 106 cm³/mol. The first-order valence-electron chi connectivity index (χ1n) is 9.29. The summed E-state index contributed by atoms with van der Waals surface area (Å²) in [7, 11) is 0. The van der Waals surface area contributed by atoms with Crippen molar-refractivity contribution in [3.8, 4) is 0 Å². The Hall–Kier alpha value is -2.51. The van der Waals surface area contributed by atoms with E-state index in [9.17, 15) is 4.79 Å². The van der Waals surface area contributed by atoms with Crippen LogP contribution >= 0.6 is 0 Å². The zero-order valence-electron chi connectivity index (χ0n) is 16.2. The topological polar surface area (TPSA) is 79.4 Å². The lowest BCUT2D eigenvalue weighted by Crippen LogP contribution is -2.41. The highest BCUT2D eigenvalue weighted by Crippen LogP contribution is 2.20. The summed E-state index contributed by atoms with van der Waals surface area (Å²) in [5, 5.41) is 6.23. The highest BCUT2D eigenvalue weighted by atomic mass is 16.5. The van der Waals surface area contributed by atoms with E-state index >= 15 is 0 Å². The molecular weight excluding hydrogens is 342 g/mol. The van der Waals surface area contributed by atoms with Crippen LogP contribution in [-0.2, 0) is 4.74 Å². The van der Waals surface area contributed by atoms with Gasteiger partial charge in [0, 0.05) is 37.9 Å². The maximum absolute atomic E-state index is 12.5. The van der Waals surface area contributed by atoms with Crippen LogP contribution in [0.4, 0.5) is 11.5 Å². The van der Waals surface area contributed by atoms with Gasteiger partial charge < -0.3 is 15.4 Å². The Morgan fingerprint density at radius 2 is 1.93 bits per heavy atom. The van der Waals surface area contributed by atoms with Crippen LogP contribution in [0.5, 0.6) is 0 Å². The zero-order chi connectivity index (χ0) is 19.2. The van der Waals surface area contributed by atoms with Crippen molar-refractivity contribution in [2.24, 2.45) is 0 Å². The predicted octanol–water partition coefficient (Wildman–Crippen LogP) is 2.21. The van der Waals surface area contributed by atoms with Crippen LogP contribution in [0.2, 0.25) is 0 Å². The van der Waals surface area contributed by atoms with Crippen molar-refractivity contribution < 1.29 is 9.53 Å². The van der Waals surface area contributed by atoms with Crippen LogP contribution in [0.3, 0.4) is 0 Å². The molecule has 0 saturated carbocycles. The second-order valence-electron chi connectivity index (χ2n) is 6.84. The number of carbonyl (C=O) groups is 1. The Bertz CT molecular complexity index is 803. The van der Waals surface area contributed by atoms with Crippen molar-refractivity contribution in [1.82, 2.24) is 20.2 Å². The molecule has 3 rings (SSSR count). The molecule has 0 spiro atoms. The van der Waals surface area contributed by atoms with Crippen molar-refractivity contribution in [2.45, 2.75) is 20.8 Å². The number of morpholine rings is 1. The maximum Gasteiger partial charge on any atom is 0.270 e. The average molecular weight is 369 g/mol. The van der Waals surface area contributed by atoms with Gasteiger partial charge in [-0.15, -0.1) is 0 Å². The number of benzene rings is 1. The van der Waals surface area contributed by atoms with Gasteiger partial charge in [-0.05, 0) is 32.4 Å². The van der Waals surface area contributed by atoms with E-state index in [0.717, 1.165) is 44.1 Å². The van der Waals surface area contributed by atoms with Gasteiger partial charge in [0.25, 0.3) is 5.91 Å². The zero-order valence-corrected chi connectivity index (χ0v) is 16.2. The summed E-state index contributed by atoms with van der Waals surface area (Å²) in [6.07, 6.45) is 0. The maximum atomic E-state index is 12.5. The van der Waals surface area contributed by atoms with Crippen LogP contribution in [0, 0.1) is 20.8 Å². The molecule has 1 aromatic carbocycles. The first-order valence-corrected chi connectivity index (χ1v) is 9.29. The lowest BCUT2D eigenvalue weighted by atomic mass is 10.1. The van der Waals surface area contributed by atoms with Gasteiger partial charge in [0.05, 0.1) is 13.2 Å². The van der Waals surface area contributed by atoms with Crippen molar-refractivity contribution >= 4 is 17.4 Å². The molecule has 1 aromatic heterocycles. The molecule has 27 heavy (non-hydrogen) atoms. The van der Waals surface area contributed by atoms with E-state index in [1.165, 1.54) is 5.56 Å². The number of aryl methyl sites for hydroxylation is 3. The molecule has 2 aromatic rings. The summed E-state index contributed by atoms with van der Waals surface area (Å²) >= 11 is 0. The van der Waals surface area contributed by atoms with Crippen molar-refractivity contribution in [3.05, 3.63) is 46.9 Å². The lowest BCUT2D eigenvalue weighted by molar-refractivity contribution is 0.0383. The summed E-state index contributed by atoms with van der Waals surface area (Å²) in [6.45, 7) is 10.6. The largest absolute Gasteiger partial charge is 0.379 e. The Balaban J connectivity index is 1.62. The molecule has 1 aliphatic heterocycles. The molecule has 0 bridgehead atoms. The summed E-state index contributed by atoms with van der Waals surface area (Å²) in [4.78, 5) is 23.4. The number of hydrogen-bond acceptors (Lipinski definition) is 6. The summed E-state index contributed by atoms with van der Waals surface area (Å²) in [5.74, 6) is 0.994. The Morgan fingerprint density at radius 1 is 1.15 bits per heavy atom. The fraction of sp³-hybridized carbons (Fsp3) is 0.450. The molecule has 0 aliphatic carbocycles. The molecule has 1 saturated heterocycles. The van der Waals surface area contributed by atoms with Crippen LogP contribution < -0.4 is 10.6 Å². The number of amides is 1. The van der Waals surface area contributed by atoms with Gasteiger partial charge in [-0.1, -0.05) is 17.7 Å². The molecule has 2 N–H and O–H groups in total. The molecule has 7 heteroatoms. The summed E-state index contributed by atoms with van der Waals surface area (Å²) in [5.41, 5.74) is 3.68. The van der Waals surface area contributed by atoms with Gasteiger partial charge in [-0.25, -0.2) is 9.97 Å². The number of nitrogens with one attached hydrogen (secondary N) is 2. The van der Waals surface area contributed by atoms with Crippen molar-refractivity contribution in [1.29, 1.82) is 0 Å². The van der Waals surface area contributed by atoms with E-state index in [0.29, 0.717) is 23.9 Å². The van der Waals surface area contributed by atoms with Gasteiger partial charge in [0.1, 0.15) is 17.3 Å².